The van der Waals surface area contributed by atoms with Gasteiger partial charge in [-0.25, -0.2) is 14.2 Å². The van der Waals surface area contributed by atoms with Crippen LogP contribution in [0, 0.1) is 10.1 Å². The van der Waals surface area contributed by atoms with Crippen LogP contribution in [0.5, 0.6) is 5.75 Å². The van der Waals surface area contributed by atoms with Crippen LogP contribution in [-0.2, 0) is 27.3 Å². The van der Waals surface area contributed by atoms with Gasteiger partial charge in [0.15, 0.2) is 5.60 Å². The lowest BCUT2D eigenvalue weighted by atomic mass is 9.96. The zero-order chi connectivity index (χ0) is 31.6. The van der Waals surface area contributed by atoms with Gasteiger partial charge in [0.05, 0.1) is 28.8 Å². The van der Waals surface area contributed by atoms with Gasteiger partial charge >= 0.3 is 17.9 Å². The zero-order valence-electron chi connectivity index (χ0n) is 23.2. The number of non-ortho nitro benzene ring substituents is 1. The van der Waals surface area contributed by atoms with Crippen LogP contribution in [0.25, 0.3) is 11.0 Å². The Kier molecular flexibility index (Phi) is 11.5. The van der Waals surface area contributed by atoms with Crippen molar-refractivity contribution in [2.45, 2.75) is 44.2 Å². The number of ether oxygens (including phenoxy) is 1. The number of carboxylic acids is 3. The quantitative estimate of drug-likeness (QED) is 0.155. The molecule has 1 aliphatic rings. The van der Waals surface area contributed by atoms with Gasteiger partial charge in [0, 0.05) is 31.6 Å². The molecule has 43 heavy (non-hydrogen) atoms. The van der Waals surface area contributed by atoms with Crippen LogP contribution < -0.4 is 4.74 Å². The third kappa shape index (κ3) is 9.44. The summed E-state index contributed by atoms with van der Waals surface area (Å²) in [6, 6.07) is 12.4. The molecule has 1 saturated heterocycles. The summed E-state index contributed by atoms with van der Waals surface area (Å²) < 4.78 is 19.7. The molecule has 1 fully saturated rings. The molecule has 0 saturated carbocycles. The number of imidazole rings is 1. The van der Waals surface area contributed by atoms with Crippen molar-refractivity contribution in [3.8, 4) is 5.75 Å². The summed E-state index contributed by atoms with van der Waals surface area (Å²) in [5.74, 6) is -3.51. The van der Waals surface area contributed by atoms with Crippen LogP contribution in [0.15, 0.2) is 42.5 Å². The predicted molar refractivity (Wildman–Crippen MR) is 150 cm³/mol. The highest BCUT2D eigenvalue weighted by molar-refractivity contribution is 5.88. The van der Waals surface area contributed by atoms with E-state index in [1.807, 2.05) is 24.3 Å². The highest BCUT2D eigenvalue weighted by atomic mass is 19.1. The molecule has 15 heteroatoms. The van der Waals surface area contributed by atoms with Gasteiger partial charge in [-0.15, -0.1) is 0 Å². The largest absolute Gasteiger partial charge is 0.491 e. The van der Waals surface area contributed by atoms with E-state index in [0.717, 1.165) is 43.1 Å². The zero-order valence-corrected chi connectivity index (χ0v) is 23.2. The first-order chi connectivity index (χ1) is 20.4. The molecule has 0 unspecified atom stereocenters. The molecular formula is C28H33FN4O10. The molecule has 0 amide bonds. The molecule has 1 aliphatic heterocycles. The summed E-state index contributed by atoms with van der Waals surface area (Å²) >= 11 is 0. The molecule has 0 aliphatic carbocycles. The number of halogens is 1. The fraction of sp³-hybridized carbons (Fsp3) is 0.429. The monoisotopic (exact) mass is 604 g/mol. The number of nitrogens with zero attached hydrogens (tertiary/aromatic N) is 4. The topological polar surface area (TPSA) is 206 Å². The number of hydrogen-bond acceptors (Lipinski definition) is 9. The lowest BCUT2D eigenvalue weighted by Crippen LogP contribution is -2.42. The number of aliphatic hydroxyl groups is 1. The summed E-state index contributed by atoms with van der Waals surface area (Å²) in [5, 5.41) is 45.0. The van der Waals surface area contributed by atoms with Gasteiger partial charge in [0.1, 0.15) is 24.9 Å². The SMILES string of the molecule is O=C(O)CC(O)(CC(=O)O)C(=O)O.O=[N+]([O-])c1ccc2c(c1)nc(Cc1ccc(OCCF)cc1)n2CCN1CCCC1. The number of benzene rings is 2. The Balaban J connectivity index is 0.000000331. The number of carboxylic acid groups (broad SMARTS) is 3. The fourth-order valence-electron chi connectivity index (χ4n) is 4.67. The van der Waals surface area contributed by atoms with E-state index in [0.29, 0.717) is 17.7 Å². The maximum absolute atomic E-state index is 12.3. The number of nitro benzene ring substituents is 1. The Labute approximate surface area is 245 Å². The molecule has 14 nitrogen and oxygen atoms in total. The van der Waals surface area contributed by atoms with Crippen LogP contribution in [0.1, 0.15) is 37.1 Å². The molecule has 4 rings (SSSR count). The van der Waals surface area contributed by atoms with Crippen LogP contribution in [-0.4, -0.2) is 96.2 Å². The summed E-state index contributed by atoms with van der Waals surface area (Å²) in [6.07, 6.45) is 0.788. The van der Waals surface area contributed by atoms with Crippen molar-refractivity contribution < 1.29 is 48.9 Å². The van der Waals surface area contributed by atoms with Gasteiger partial charge in [0.2, 0.25) is 0 Å². The molecule has 2 aromatic carbocycles. The molecule has 0 spiro atoms. The number of hydrogen-bond donors (Lipinski definition) is 4. The van der Waals surface area contributed by atoms with Crippen molar-refractivity contribution in [1.29, 1.82) is 0 Å². The second-order valence-electron chi connectivity index (χ2n) is 9.99. The molecule has 0 bridgehead atoms. The maximum Gasteiger partial charge on any atom is 0.336 e. The number of rotatable bonds is 14. The lowest BCUT2D eigenvalue weighted by Gasteiger charge is -2.18. The van der Waals surface area contributed by atoms with E-state index in [-0.39, 0.29) is 12.3 Å². The average molecular weight is 605 g/mol. The second kappa shape index (κ2) is 15.0. The van der Waals surface area contributed by atoms with Crippen LogP contribution in [0.2, 0.25) is 0 Å². The number of fused-ring (bicyclic) bond motifs is 1. The van der Waals surface area contributed by atoms with E-state index < -0.39 is 47.9 Å². The van der Waals surface area contributed by atoms with Gasteiger partial charge in [-0.1, -0.05) is 12.1 Å². The van der Waals surface area contributed by atoms with Crippen LogP contribution in [0.4, 0.5) is 10.1 Å². The van der Waals surface area contributed by atoms with Crippen molar-refractivity contribution in [2.75, 3.05) is 32.9 Å². The first-order valence-corrected chi connectivity index (χ1v) is 13.4. The minimum Gasteiger partial charge on any atom is -0.491 e. The molecule has 232 valence electrons. The predicted octanol–water partition coefficient (Wildman–Crippen LogP) is 2.73. The molecule has 2 heterocycles. The number of aliphatic carboxylic acids is 3. The Morgan fingerprint density at radius 3 is 2.16 bits per heavy atom. The summed E-state index contributed by atoms with van der Waals surface area (Å²) in [5.41, 5.74) is -0.0823. The fourth-order valence-corrected chi connectivity index (χ4v) is 4.67. The number of likely N-dealkylation sites (tertiary alicyclic amines) is 1. The standard InChI is InChI=1S/C22H25FN4O3.C6H8O7/c23-9-14-30-19-6-3-17(4-7-19)15-22-24-20-16-18(27(28)29)5-8-21(20)26(22)13-12-25-10-1-2-11-25;7-3(8)1-6(13,5(11)12)2-4(9)10/h3-8,16H,1-2,9-15H2;13H,1-2H2,(H,7,8)(H,9,10)(H,11,12). The molecule has 3 aromatic rings. The molecule has 4 N–H and O–H groups in total. The van der Waals surface area contributed by atoms with E-state index in [1.165, 1.54) is 18.9 Å². The first kappa shape index (κ1) is 32.9. The van der Waals surface area contributed by atoms with Gasteiger partial charge in [-0.05, 0) is 49.7 Å². The van der Waals surface area contributed by atoms with Gasteiger partial charge in [-0.2, -0.15) is 0 Å². The minimum atomic E-state index is -2.74. The first-order valence-electron chi connectivity index (χ1n) is 13.4. The summed E-state index contributed by atoms with van der Waals surface area (Å²) in [7, 11) is 0. The van der Waals surface area contributed by atoms with E-state index in [4.69, 9.17) is 30.1 Å². The smallest absolute Gasteiger partial charge is 0.336 e. The van der Waals surface area contributed by atoms with Gasteiger partial charge in [-0.3, -0.25) is 19.7 Å². The highest BCUT2D eigenvalue weighted by Crippen LogP contribution is 2.24. The minimum absolute atomic E-state index is 0.0461. The second-order valence-corrected chi connectivity index (χ2v) is 9.99. The van der Waals surface area contributed by atoms with Crippen molar-refractivity contribution >= 4 is 34.6 Å². The van der Waals surface area contributed by atoms with E-state index in [1.54, 1.807) is 12.1 Å². The van der Waals surface area contributed by atoms with Gasteiger partial charge < -0.3 is 34.6 Å². The Bertz CT molecular complexity index is 1420. The third-order valence-corrected chi connectivity index (χ3v) is 6.78. The molecule has 0 radical (unpaired) electrons. The van der Waals surface area contributed by atoms with E-state index in [9.17, 15) is 28.9 Å². The maximum atomic E-state index is 12.3. The van der Waals surface area contributed by atoms with Crippen molar-refractivity contribution in [3.63, 3.8) is 0 Å². The number of carbonyl (C=O) groups is 3. The third-order valence-electron chi connectivity index (χ3n) is 6.78. The Morgan fingerprint density at radius 1 is 1.00 bits per heavy atom. The highest BCUT2D eigenvalue weighted by Gasteiger charge is 2.40. The Hall–Kier alpha value is -4.63. The molecular weight excluding hydrogens is 571 g/mol. The van der Waals surface area contributed by atoms with E-state index >= 15 is 0 Å². The summed E-state index contributed by atoms with van der Waals surface area (Å²) in [6.45, 7) is 3.49. The number of alkyl halides is 1. The van der Waals surface area contributed by atoms with Crippen molar-refractivity contribution in [3.05, 3.63) is 64.0 Å². The van der Waals surface area contributed by atoms with Crippen molar-refractivity contribution in [1.82, 2.24) is 14.5 Å². The molecule has 0 atom stereocenters. The van der Waals surface area contributed by atoms with E-state index in [2.05, 4.69) is 9.47 Å². The lowest BCUT2D eigenvalue weighted by molar-refractivity contribution is -0.384. The average Bonchev–Trinajstić information content (AvgIpc) is 3.58. The van der Waals surface area contributed by atoms with Crippen LogP contribution in [0.3, 0.4) is 0 Å². The Morgan fingerprint density at radius 2 is 1.63 bits per heavy atom. The van der Waals surface area contributed by atoms with Crippen molar-refractivity contribution in [2.24, 2.45) is 0 Å². The molecule has 1 aromatic heterocycles. The number of nitro groups is 1. The van der Waals surface area contributed by atoms with Crippen LogP contribution >= 0.6 is 0 Å². The number of aromatic nitrogens is 2. The summed E-state index contributed by atoms with van der Waals surface area (Å²) in [4.78, 5) is 48.4. The van der Waals surface area contributed by atoms with Gasteiger partial charge in [0.25, 0.3) is 5.69 Å². The normalized spacial score (nSPS) is 13.3.